The number of thioether (sulfide) groups is 1. The van der Waals surface area contributed by atoms with Gasteiger partial charge in [0, 0.05) is 14.9 Å². The van der Waals surface area contributed by atoms with Crippen molar-refractivity contribution in [3.8, 4) is 11.4 Å². The molecule has 0 aliphatic heterocycles. The van der Waals surface area contributed by atoms with Crippen LogP contribution in [0, 0.1) is 0 Å². The lowest BCUT2D eigenvalue weighted by molar-refractivity contribution is -0.118. The van der Waals surface area contributed by atoms with E-state index in [4.69, 9.17) is 4.98 Å². The Bertz CT molecular complexity index is 1610. The summed E-state index contributed by atoms with van der Waals surface area (Å²) in [6, 6.07) is 12.8. The quantitative estimate of drug-likeness (QED) is 0.0871. The van der Waals surface area contributed by atoms with Gasteiger partial charge in [-0.05, 0) is 73.6 Å². The number of carbonyl (C=O) groups is 1. The average molecular weight is 610 g/mol. The van der Waals surface area contributed by atoms with Crippen molar-refractivity contribution in [2.24, 2.45) is 5.10 Å². The van der Waals surface area contributed by atoms with Gasteiger partial charge in [-0.3, -0.25) is 14.2 Å². The molecule has 4 aromatic rings. The first-order chi connectivity index (χ1) is 18.5. The van der Waals surface area contributed by atoms with Crippen LogP contribution in [0.15, 0.2) is 74.6 Å². The second-order valence-corrected chi connectivity index (χ2v) is 11.8. The average Bonchev–Trinajstić information content (AvgIpc) is 3.29. The lowest BCUT2D eigenvalue weighted by Gasteiger charge is -2.13. The maximum atomic E-state index is 13.8. The first-order valence-corrected chi connectivity index (χ1v) is 14.8. The summed E-state index contributed by atoms with van der Waals surface area (Å²) >= 11 is 6.23. The van der Waals surface area contributed by atoms with Crippen LogP contribution in [0.1, 0.15) is 34.4 Å². The number of nitrogens with zero attached hydrogens (tertiary/aromatic N) is 3. The van der Waals surface area contributed by atoms with Crippen molar-refractivity contribution in [2.45, 2.75) is 37.3 Å². The van der Waals surface area contributed by atoms with Crippen molar-refractivity contribution in [2.75, 3.05) is 5.75 Å². The summed E-state index contributed by atoms with van der Waals surface area (Å²) < 4.78 is 2.50. The zero-order valence-corrected chi connectivity index (χ0v) is 23.7. The third kappa shape index (κ3) is 5.48. The highest BCUT2D eigenvalue weighted by atomic mass is 79.9. The van der Waals surface area contributed by atoms with Gasteiger partial charge in [0.2, 0.25) is 0 Å². The number of hydrogen-bond acceptors (Lipinski definition) is 7. The van der Waals surface area contributed by atoms with Gasteiger partial charge in [0.05, 0.1) is 23.0 Å². The van der Waals surface area contributed by atoms with E-state index in [0.717, 1.165) is 46.1 Å². The van der Waals surface area contributed by atoms with Gasteiger partial charge in [-0.2, -0.15) is 5.10 Å². The molecule has 2 aromatic heterocycles. The number of halogens is 1. The highest BCUT2D eigenvalue weighted by Gasteiger charge is 2.23. The lowest BCUT2D eigenvalue weighted by Crippen LogP contribution is -2.24. The number of aryl methyl sites for hydroxylation is 2. The first kappa shape index (κ1) is 26.4. The van der Waals surface area contributed by atoms with E-state index < -0.39 is 0 Å². The summed E-state index contributed by atoms with van der Waals surface area (Å²) in [6.45, 7) is 3.69. The molecule has 1 aliphatic rings. The molecule has 7 nitrogen and oxygen atoms in total. The second-order valence-electron chi connectivity index (χ2n) is 8.83. The highest BCUT2D eigenvalue weighted by Crippen LogP contribution is 2.35. The van der Waals surface area contributed by atoms with Crippen molar-refractivity contribution in [1.29, 1.82) is 0 Å². The summed E-state index contributed by atoms with van der Waals surface area (Å²) in [4.78, 5) is 33.2. The topological polar surface area (TPSA) is 96.6 Å². The molecule has 0 bridgehead atoms. The van der Waals surface area contributed by atoms with Crippen molar-refractivity contribution in [3.63, 3.8) is 0 Å². The van der Waals surface area contributed by atoms with Crippen LogP contribution in [-0.2, 0) is 24.1 Å². The Morgan fingerprint density at radius 3 is 2.82 bits per heavy atom. The predicted octanol–water partition coefficient (Wildman–Crippen LogP) is 5.77. The van der Waals surface area contributed by atoms with E-state index in [9.17, 15) is 14.7 Å². The number of aromatic hydroxyl groups is 1. The Morgan fingerprint density at radius 2 is 2.03 bits per heavy atom. The number of aromatic nitrogens is 2. The number of allylic oxidation sites excluding steroid dienone is 1. The van der Waals surface area contributed by atoms with Gasteiger partial charge in [-0.25, -0.2) is 10.4 Å². The number of hydrogen-bond donors (Lipinski definition) is 2. The molecule has 0 atom stereocenters. The van der Waals surface area contributed by atoms with Gasteiger partial charge in [0.1, 0.15) is 10.6 Å². The molecular formula is C28H25BrN4O3S2. The zero-order valence-electron chi connectivity index (χ0n) is 20.4. The fourth-order valence-electron chi connectivity index (χ4n) is 4.47. The lowest BCUT2D eigenvalue weighted by atomic mass is 9.97. The van der Waals surface area contributed by atoms with Gasteiger partial charge in [0.25, 0.3) is 11.5 Å². The number of phenolic OH excluding ortho intramolecular Hbond substituents is 1. The number of thiophene rings is 1. The number of phenols is 1. The SMILES string of the molecule is C=CCc1cccc(/C=N/NC(=O)CSc2nc3sc4c(c3c(=O)n2-c2ccc(Br)cc2)CCCC4)c1O. The minimum Gasteiger partial charge on any atom is -0.507 e. The number of carbonyl (C=O) groups excluding carboxylic acids is 1. The molecule has 10 heteroatoms. The summed E-state index contributed by atoms with van der Waals surface area (Å²) in [5.41, 5.74) is 5.44. The van der Waals surface area contributed by atoms with Crippen molar-refractivity contribution in [1.82, 2.24) is 15.0 Å². The van der Waals surface area contributed by atoms with Crippen LogP contribution in [0.5, 0.6) is 5.75 Å². The Labute approximate surface area is 236 Å². The summed E-state index contributed by atoms with van der Waals surface area (Å²) in [6.07, 6.45) is 7.71. The number of fused-ring (bicyclic) bond motifs is 3. The predicted molar refractivity (Wildman–Crippen MR) is 158 cm³/mol. The van der Waals surface area contributed by atoms with E-state index in [1.54, 1.807) is 28.0 Å². The van der Waals surface area contributed by atoms with Crippen molar-refractivity contribution >= 4 is 61.4 Å². The van der Waals surface area contributed by atoms with Crippen molar-refractivity contribution < 1.29 is 9.90 Å². The Hall–Kier alpha value is -3.21. The number of nitrogens with one attached hydrogen (secondary N) is 1. The van der Waals surface area contributed by atoms with Crippen LogP contribution < -0.4 is 11.0 Å². The largest absolute Gasteiger partial charge is 0.507 e. The molecule has 2 aromatic carbocycles. The molecule has 0 saturated carbocycles. The third-order valence-corrected chi connectivity index (χ3v) is 8.94. The fourth-order valence-corrected chi connectivity index (χ4v) is 6.84. The molecular weight excluding hydrogens is 584 g/mol. The third-order valence-electron chi connectivity index (χ3n) is 6.28. The molecule has 0 saturated heterocycles. The minimum absolute atomic E-state index is 0.0133. The zero-order chi connectivity index (χ0) is 26.6. The summed E-state index contributed by atoms with van der Waals surface area (Å²) in [7, 11) is 0. The van der Waals surface area contributed by atoms with E-state index >= 15 is 0 Å². The van der Waals surface area contributed by atoms with Crippen molar-refractivity contribution in [3.05, 3.63) is 91.5 Å². The second kappa shape index (κ2) is 11.7. The minimum atomic E-state index is -0.352. The molecule has 2 heterocycles. The van der Waals surface area contributed by atoms with Gasteiger partial charge in [-0.1, -0.05) is 45.9 Å². The smallest absolute Gasteiger partial charge is 0.267 e. The monoisotopic (exact) mass is 608 g/mol. The maximum Gasteiger partial charge on any atom is 0.267 e. The van der Waals surface area contributed by atoms with E-state index in [1.165, 1.54) is 22.9 Å². The fraction of sp³-hybridized carbons (Fsp3) is 0.214. The van der Waals surface area contributed by atoms with Gasteiger partial charge < -0.3 is 5.11 Å². The van der Waals surface area contributed by atoms with Crippen LogP contribution in [0.25, 0.3) is 15.9 Å². The van der Waals surface area contributed by atoms with Gasteiger partial charge >= 0.3 is 0 Å². The molecule has 2 N–H and O–H groups in total. The van der Waals surface area contributed by atoms with Gasteiger partial charge in [0.15, 0.2) is 5.16 Å². The molecule has 1 amide bonds. The Kier molecular flexibility index (Phi) is 8.11. The molecule has 38 heavy (non-hydrogen) atoms. The highest BCUT2D eigenvalue weighted by molar-refractivity contribution is 9.10. The molecule has 0 fully saturated rings. The molecule has 194 valence electrons. The number of hydrazone groups is 1. The Morgan fingerprint density at radius 1 is 1.24 bits per heavy atom. The van der Waals surface area contributed by atoms with Gasteiger partial charge in [-0.15, -0.1) is 17.9 Å². The van der Waals surface area contributed by atoms with Crippen LogP contribution in [-0.4, -0.2) is 32.5 Å². The van der Waals surface area contributed by atoms with Crippen LogP contribution in [0.2, 0.25) is 0 Å². The first-order valence-electron chi connectivity index (χ1n) is 12.2. The normalized spacial score (nSPS) is 13.1. The molecule has 0 radical (unpaired) electrons. The van der Waals surface area contributed by atoms with E-state index in [2.05, 4.69) is 33.0 Å². The van der Waals surface area contributed by atoms with E-state index in [1.807, 2.05) is 36.4 Å². The molecule has 1 aliphatic carbocycles. The molecule has 0 unspecified atom stereocenters. The standard InChI is InChI=1S/C28H25BrN4O3S2/c1-2-6-17-7-5-8-18(25(17)35)15-30-32-23(34)16-37-28-31-26-24(21-9-3-4-10-22(21)38-26)27(36)33(28)20-13-11-19(29)12-14-20/h2,5,7-8,11-15,35H,1,3-4,6,9-10,16H2,(H,32,34)/b30-15+. The molecule has 5 rings (SSSR count). The number of benzene rings is 2. The molecule has 0 spiro atoms. The van der Waals surface area contributed by atoms with Crippen LogP contribution in [0.3, 0.4) is 0 Å². The number of rotatable bonds is 8. The van der Waals surface area contributed by atoms with E-state index in [0.29, 0.717) is 28.2 Å². The van der Waals surface area contributed by atoms with Crippen LogP contribution >= 0.6 is 39.0 Å². The van der Waals surface area contributed by atoms with E-state index in [-0.39, 0.29) is 23.0 Å². The number of para-hydroxylation sites is 1. The maximum absolute atomic E-state index is 13.8. The summed E-state index contributed by atoms with van der Waals surface area (Å²) in [5, 5.41) is 15.5. The van der Waals surface area contributed by atoms with Crippen LogP contribution in [0.4, 0.5) is 0 Å². The number of amides is 1. The summed E-state index contributed by atoms with van der Waals surface area (Å²) in [5.74, 6) is -0.232. The Balaban J connectivity index is 1.39.